The van der Waals surface area contributed by atoms with Gasteiger partial charge in [-0.1, -0.05) is 281 Å². The van der Waals surface area contributed by atoms with Crippen LogP contribution in [0.5, 0.6) is 0 Å². The van der Waals surface area contributed by atoms with Crippen LogP contribution in [0.2, 0.25) is 0 Å². The smallest absolute Gasteiger partial charge is 0.306 e. The molecular weight excluding hydrogens is 997 g/mol. The van der Waals surface area contributed by atoms with Crippen LogP contribution in [0.3, 0.4) is 0 Å². The molecule has 0 amide bonds. The number of allylic oxidation sites excluding steroid dienone is 28. The lowest BCUT2D eigenvalue weighted by Crippen LogP contribution is -2.30. The Morgan fingerprint density at radius 1 is 0.259 bits per heavy atom. The highest BCUT2D eigenvalue weighted by atomic mass is 16.6. The molecule has 0 aromatic rings. The van der Waals surface area contributed by atoms with E-state index >= 15 is 0 Å². The number of esters is 3. The fourth-order valence-electron chi connectivity index (χ4n) is 8.40. The largest absolute Gasteiger partial charge is 0.462 e. The van der Waals surface area contributed by atoms with Gasteiger partial charge >= 0.3 is 17.9 Å². The maximum atomic E-state index is 12.9. The topological polar surface area (TPSA) is 78.9 Å². The highest BCUT2D eigenvalue weighted by molar-refractivity contribution is 5.71. The van der Waals surface area contributed by atoms with Gasteiger partial charge in [-0.3, -0.25) is 14.4 Å². The zero-order chi connectivity index (χ0) is 58.5. The van der Waals surface area contributed by atoms with E-state index in [4.69, 9.17) is 14.2 Å². The minimum absolute atomic E-state index is 0.103. The first-order valence-corrected chi connectivity index (χ1v) is 32.6. The van der Waals surface area contributed by atoms with E-state index in [1.807, 2.05) is 0 Å². The second-order valence-corrected chi connectivity index (χ2v) is 20.9. The van der Waals surface area contributed by atoms with Crippen LogP contribution in [0.4, 0.5) is 0 Å². The van der Waals surface area contributed by atoms with E-state index in [9.17, 15) is 14.4 Å². The third kappa shape index (κ3) is 65.5. The summed E-state index contributed by atoms with van der Waals surface area (Å²) < 4.78 is 16.8. The molecule has 1 atom stereocenters. The van der Waals surface area contributed by atoms with Gasteiger partial charge in [-0.05, 0) is 135 Å². The number of unbranched alkanes of at least 4 members (excludes halogenated alkanes) is 18. The third-order valence-corrected chi connectivity index (χ3v) is 13.2. The predicted molar refractivity (Wildman–Crippen MR) is 352 cm³/mol. The first-order chi connectivity index (χ1) is 40.0. The molecule has 1 unspecified atom stereocenters. The quantitative estimate of drug-likeness (QED) is 0.0261. The third-order valence-electron chi connectivity index (χ3n) is 13.2. The van der Waals surface area contributed by atoms with Crippen LogP contribution >= 0.6 is 0 Å². The molecule has 6 nitrogen and oxygen atoms in total. The Labute approximate surface area is 498 Å². The van der Waals surface area contributed by atoms with E-state index in [0.29, 0.717) is 19.3 Å². The van der Waals surface area contributed by atoms with Crippen LogP contribution < -0.4 is 0 Å². The van der Waals surface area contributed by atoms with Gasteiger partial charge in [-0.2, -0.15) is 0 Å². The standard InChI is InChI=1S/C75H118O6/c1-4-7-10-13-16-18-20-22-24-26-28-30-32-34-36-37-39-40-42-44-46-48-50-52-54-56-59-62-65-68-74(77)80-71-72(70-79-73(76)67-64-61-58-15-12-9-6-3)81-75(78)69-66-63-60-57-55-53-51-49-47-45-43-41-38-35-33-31-29-27-25-23-21-19-17-14-11-8-5-2/h7-8,10-11,16-19,22-25,28-31,34-36,38-40,43,45,49,51,55,57,72H,4-6,9,12-15,20-21,26-27,32-33,37,41-42,44,46-48,50,52-54,56,58-71H2,1-3H3/b10-7-,11-8-,18-16-,19-17-,24-22-,25-23-,30-28-,31-29-,36-34-,38-35-,40-39-,45-43-,51-49-,57-55-. The molecule has 0 radical (unpaired) electrons. The Morgan fingerprint density at radius 3 is 0.778 bits per heavy atom. The number of carbonyl (C=O) groups excluding carboxylic acids is 3. The molecule has 0 N–H and O–H groups in total. The van der Waals surface area contributed by atoms with Crippen LogP contribution in [0, 0.1) is 0 Å². The van der Waals surface area contributed by atoms with E-state index in [2.05, 4.69) is 191 Å². The molecule has 81 heavy (non-hydrogen) atoms. The molecule has 0 spiro atoms. The zero-order valence-corrected chi connectivity index (χ0v) is 52.0. The molecule has 0 aromatic heterocycles. The minimum Gasteiger partial charge on any atom is -0.462 e. The number of carbonyl (C=O) groups is 3. The van der Waals surface area contributed by atoms with E-state index < -0.39 is 6.10 Å². The summed E-state index contributed by atoms with van der Waals surface area (Å²) in [5, 5.41) is 0. The summed E-state index contributed by atoms with van der Waals surface area (Å²) in [6.45, 7) is 6.32. The van der Waals surface area contributed by atoms with Gasteiger partial charge in [-0.25, -0.2) is 0 Å². The highest BCUT2D eigenvalue weighted by Gasteiger charge is 2.19. The van der Waals surface area contributed by atoms with Gasteiger partial charge in [0, 0.05) is 19.3 Å². The van der Waals surface area contributed by atoms with E-state index in [1.54, 1.807) is 0 Å². The Balaban J connectivity index is 4.27. The zero-order valence-electron chi connectivity index (χ0n) is 52.0. The van der Waals surface area contributed by atoms with E-state index in [-0.39, 0.29) is 37.5 Å². The van der Waals surface area contributed by atoms with Crippen molar-refractivity contribution in [3.8, 4) is 0 Å². The molecule has 454 valence electrons. The lowest BCUT2D eigenvalue weighted by molar-refractivity contribution is -0.167. The van der Waals surface area contributed by atoms with Crippen LogP contribution in [0.1, 0.15) is 265 Å². The van der Waals surface area contributed by atoms with Gasteiger partial charge in [0.25, 0.3) is 0 Å². The van der Waals surface area contributed by atoms with Gasteiger partial charge in [0.2, 0.25) is 0 Å². The van der Waals surface area contributed by atoms with Gasteiger partial charge < -0.3 is 14.2 Å². The molecule has 0 rings (SSSR count). The molecular formula is C75H118O6. The minimum atomic E-state index is -0.810. The number of ether oxygens (including phenoxy) is 3. The first kappa shape index (κ1) is 75.8. The molecule has 0 aliphatic rings. The van der Waals surface area contributed by atoms with Gasteiger partial charge in [0.15, 0.2) is 6.10 Å². The number of hydrogen-bond donors (Lipinski definition) is 0. The van der Waals surface area contributed by atoms with Crippen molar-refractivity contribution in [1.29, 1.82) is 0 Å². The van der Waals surface area contributed by atoms with Crippen molar-refractivity contribution >= 4 is 17.9 Å². The molecule has 0 fully saturated rings. The average Bonchev–Trinajstić information content (AvgIpc) is 3.46. The summed E-state index contributed by atoms with van der Waals surface area (Å²) >= 11 is 0. The number of hydrogen-bond acceptors (Lipinski definition) is 6. The summed E-state index contributed by atoms with van der Waals surface area (Å²) in [6.07, 6.45) is 99.6. The van der Waals surface area contributed by atoms with Crippen molar-refractivity contribution in [3.63, 3.8) is 0 Å². The first-order valence-electron chi connectivity index (χ1n) is 32.6. The molecule has 0 aromatic carbocycles. The molecule has 0 aliphatic heterocycles. The molecule has 0 bridgehead atoms. The Bertz CT molecular complexity index is 1860. The summed E-state index contributed by atoms with van der Waals surface area (Å²) in [5.41, 5.74) is 0. The SMILES string of the molecule is CC/C=C\C/C=C\C/C=C\C/C=C\C/C=C\C/C=C\C/C=C\C/C=C\CCCCC(=O)OC(COC(=O)CCCCCCCCC)COC(=O)CCCCCCCCCCCC/C=C\C/C=C\C/C=C\C/C=C\C/C=C\C/C=C\CC. The Hall–Kier alpha value is -5.23. The summed E-state index contributed by atoms with van der Waals surface area (Å²) in [4.78, 5) is 38.1. The van der Waals surface area contributed by atoms with Crippen molar-refractivity contribution in [2.75, 3.05) is 13.2 Å². The van der Waals surface area contributed by atoms with Crippen molar-refractivity contribution in [2.45, 2.75) is 271 Å². The van der Waals surface area contributed by atoms with Crippen molar-refractivity contribution in [3.05, 3.63) is 170 Å². The Kier molecular flexibility index (Phi) is 62.9. The fourth-order valence-corrected chi connectivity index (χ4v) is 8.40. The summed E-state index contributed by atoms with van der Waals surface area (Å²) in [7, 11) is 0. The van der Waals surface area contributed by atoms with Crippen LogP contribution in [0.25, 0.3) is 0 Å². The van der Waals surface area contributed by atoms with Gasteiger partial charge in [0.05, 0.1) is 0 Å². The maximum Gasteiger partial charge on any atom is 0.306 e. The van der Waals surface area contributed by atoms with E-state index in [1.165, 1.54) is 70.6 Å². The van der Waals surface area contributed by atoms with Crippen molar-refractivity contribution < 1.29 is 28.6 Å². The fraction of sp³-hybridized carbons (Fsp3) is 0.587. The lowest BCUT2D eigenvalue weighted by atomic mass is 10.1. The van der Waals surface area contributed by atoms with Crippen molar-refractivity contribution in [2.24, 2.45) is 0 Å². The summed E-state index contributed by atoms with van der Waals surface area (Å²) in [5.74, 6) is -0.964. The van der Waals surface area contributed by atoms with Crippen molar-refractivity contribution in [1.82, 2.24) is 0 Å². The normalized spacial score (nSPS) is 13.3. The van der Waals surface area contributed by atoms with Gasteiger partial charge in [-0.15, -0.1) is 0 Å². The molecule has 0 aliphatic carbocycles. The molecule has 6 heteroatoms. The summed E-state index contributed by atoms with van der Waals surface area (Å²) in [6, 6.07) is 0. The van der Waals surface area contributed by atoms with Crippen LogP contribution in [-0.4, -0.2) is 37.2 Å². The Morgan fingerprint density at radius 2 is 0.481 bits per heavy atom. The lowest BCUT2D eigenvalue weighted by Gasteiger charge is -2.18. The highest BCUT2D eigenvalue weighted by Crippen LogP contribution is 2.14. The van der Waals surface area contributed by atoms with Crippen LogP contribution in [-0.2, 0) is 28.6 Å². The molecule has 0 heterocycles. The predicted octanol–water partition coefficient (Wildman–Crippen LogP) is 22.7. The maximum absolute atomic E-state index is 12.9. The number of rotatable bonds is 57. The second kappa shape index (κ2) is 67.3. The molecule has 0 saturated heterocycles. The molecule has 0 saturated carbocycles. The second-order valence-electron chi connectivity index (χ2n) is 20.9. The van der Waals surface area contributed by atoms with Crippen LogP contribution in [0.15, 0.2) is 170 Å². The average molecular weight is 1120 g/mol. The van der Waals surface area contributed by atoms with E-state index in [0.717, 1.165) is 148 Å². The monoisotopic (exact) mass is 1110 g/mol. The van der Waals surface area contributed by atoms with Gasteiger partial charge in [0.1, 0.15) is 13.2 Å².